The van der Waals surface area contributed by atoms with Gasteiger partial charge in [-0.3, -0.25) is 0 Å². The molecule has 26 heavy (non-hydrogen) atoms. The molecule has 0 aliphatic heterocycles. The molecule has 1 rings (SSSR count). The van der Waals surface area contributed by atoms with Crippen LogP contribution >= 0.6 is 0 Å². The van der Waals surface area contributed by atoms with Crippen molar-refractivity contribution in [3.8, 4) is 0 Å². The highest BCUT2D eigenvalue weighted by molar-refractivity contribution is 5.23. The lowest BCUT2D eigenvalue weighted by atomic mass is 9.93. The smallest absolute Gasteiger partial charge is 0.0633 e. The fraction of sp³-hybridized carbons (Fsp3) is 0.565. The fourth-order valence-electron chi connectivity index (χ4n) is 2.67. The SMILES string of the molecule is C/C=C\C(=C/C)CCCCc1ccc(CCC(N)(CO)CO)cc1.CC. The van der Waals surface area contributed by atoms with E-state index in [1.54, 1.807) is 0 Å². The van der Waals surface area contributed by atoms with Crippen molar-refractivity contribution in [2.75, 3.05) is 13.2 Å². The lowest BCUT2D eigenvalue weighted by Crippen LogP contribution is -2.47. The minimum Gasteiger partial charge on any atom is -0.394 e. The zero-order valence-electron chi connectivity index (χ0n) is 17.2. The zero-order chi connectivity index (χ0) is 19.8. The van der Waals surface area contributed by atoms with Crippen LogP contribution in [0.2, 0.25) is 0 Å². The van der Waals surface area contributed by atoms with E-state index in [0.717, 1.165) is 19.3 Å². The maximum Gasteiger partial charge on any atom is 0.0633 e. The molecular formula is C23H39NO2. The second-order valence-electron chi connectivity index (χ2n) is 6.57. The van der Waals surface area contributed by atoms with Gasteiger partial charge in [-0.25, -0.2) is 0 Å². The first kappa shape index (κ1) is 24.6. The summed E-state index contributed by atoms with van der Waals surface area (Å²) in [5.41, 5.74) is 8.98. The van der Waals surface area contributed by atoms with Gasteiger partial charge < -0.3 is 15.9 Å². The van der Waals surface area contributed by atoms with E-state index in [0.29, 0.717) is 6.42 Å². The molecule has 0 atom stereocenters. The topological polar surface area (TPSA) is 66.5 Å². The second kappa shape index (κ2) is 14.7. The Balaban J connectivity index is 0.00000301. The first-order chi connectivity index (χ1) is 12.6. The molecule has 3 nitrogen and oxygen atoms in total. The Hall–Kier alpha value is -1.42. The van der Waals surface area contributed by atoms with Crippen molar-refractivity contribution in [1.82, 2.24) is 0 Å². The van der Waals surface area contributed by atoms with Crippen LogP contribution in [0.15, 0.2) is 48.1 Å². The molecule has 1 aromatic carbocycles. The molecule has 0 spiro atoms. The molecule has 1 aromatic rings. The third-order valence-corrected chi connectivity index (χ3v) is 4.50. The standard InChI is InChI=1S/C21H33NO2.C2H6/c1-3-7-18(4-2)8-5-6-9-19-10-12-20(13-11-19)14-15-21(22,16-23)17-24;1-2/h3-4,7,10-13,23-24H,5-6,8-9,14-17,22H2,1-2H3;1-2H3/b7-3-,18-4+;. The average Bonchev–Trinajstić information content (AvgIpc) is 2.70. The Bertz CT molecular complexity index is 514. The summed E-state index contributed by atoms with van der Waals surface area (Å²) in [6.45, 7) is 7.77. The quantitative estimate of drug-likeness (QED) is 0.400. The molecule has 0 saturated heterocycles. The van der Waals surface area contributed by atoms with Gasteiger partial charge in [0.2, 0.25) is 0 Å². The number of aliphatic hydroxyl groups excluding tert-OH is 2. The van der Waals surface area contributed by atoms with E-state index < -0.39 is 5.54 Å². The van der Waals surface area contributed by atoms with Crippen molar-refractivity contribution in [1.29, 1.82) is 0 Å². The van der Waals surface area contributed by atoms with Gasteiger partial charge in [0, 0.05) is 0 Å². The molecule has 0 fully saturated rings. The predicted octanol–water partition coefficient (Wildman–Crippen LogP) is 4.56. The average molecular weight is 362 g/mol. The highest BCUT2D eigenvalue weighted by Crippen LogP contribution is 2.15. The number of nitrogens with two attached hydrogens (primary N) is 1. The summed E-state index contributed by atoms with van der Waals surface area (Å²) in [6, 6.07) is 8.60. The van der Waals surface area contributed by atoms with Crippen molar-refractivity contribution in [2.45, 2.75) is 71.8 Å². The van der Waals surface area contributed by atoms with Crippen LogP contribution < -0.4 is 5.73 Å². The van der Waals surface area contributed by atoms with Gasteiger partial charge in [0.15, 0.2) is 0 Å². The van der Waals surface area contributed by atoms with E-state index in [1.807, 2.05) is 13.8 Å². The summed E-state index contributed by atoms with van der Waals surface area (Å²) in [5.74, 6) is 0. The number of hydrogen-bond donors (Lipinski definition) is 3. The molecule has 4 N–H and O–H groups in total. The van der Waals surface area contributed by atoms with E-state index in [-0.39, 0.29) is 13.2 Å². The summed E-state index contributed by atoms with van der Waals surface area (Å²) in [5, 5.41) is 18.5. The highest BCUT2D eigenvalue weighted by Gasteiger charge is 2.22. The van der Waals surface area contributed by atoms with Crippen LogP contribution in [0.25, 0.3) is 0 Å². The third kappa shape index (κ3) is 9.91. The molecule has 148 valence electrons. The fourth-order valence-corrected chi connectivity index (χ4v) is 2.67. The van der Waals surface area contributed by atoms with E-state index in [2.05, 4.69) is 56.3 Å². The van der Waals surface area contributed by atoms with Crippen molar-refractivity contribution in [3.63, 3.8) is 0 Å². The zero-order valence-corrected chi connectivity index (χ0v) is 17.2. The van der Waals surface area contributed by atoms with Crippen molar-refractivity contribution < 1.29 is 10.2 Å². The molecule has 0 bridgehead atoms. The molecule has 0 heterocycles. The van der Waals surface area contributed by atoms with Gasteiger partial charge in [-0.05, 0) is 63.5 Å². The van der Waals surface area contributed by atoms with Crippen molar-refractivity contribution in [2.24, 2.45) is 5.73 Å². The van der Waals surface area contributed by atoms with Crippen LogP contribution in [0.4, 0.5) is 0 Å². The minimum atomic E-state index is -0.879. The monoisotopic (exact) mass is 361 g/mol. The molecular weight excluding hydrogens is 322 g/mol. The first-order valence-corrected chi connectivity index (χ1v) is 9.93. The molecule has 0 radical (unpaired) electrons. The van der Waals surface area contributed by atoms with E-state index in [9.17, 15) is 10.2 Å². The molecule has 0 aliphatic carbocycles. The number of unbranched alkanes of at least 4 members (excludes halogenated alkanes) is 1. The second-order valence-corrected chi connectivity index (χ2v) is 6.57. The number of hydrogen-bond acceptors (Lipinski definition) is 3. The van der Waals surface area contributed by atoms with Crippen molar-refractivity contribution in [3.05, 3.63) is 59.2 Å². The van der Waals surface area contributed by atoms with Crippen LogP contribution in [0.3, 0.4) is 0 Å². The Morgan fingerprint density at radius 1 is 0.962 bits per heavy atom. The number of aryl methyl sites for hydroxylation is 2. The molecule has 0 amide bonds. The van der Waals surface area contributed by atoms with E-state index in [1.165, 1.54) is 29.5 Å². The number of allylic oxidation sites excluding steroid dienone is 4. The van der Waals surface area contributed by atoms with Crippen LogP contribution in [-0.2, 0) is 12.8 Å². The summed E-state index contributed by atoms with van der Waals surface area (Å²) in [4.78, 5) is 0. The van der Waals surface area contributed by atoms with Gasteiger partial charge in [-0.15, -0.1) is 0 Å². The Morgan fingerprint density at radius 3 is 1.96 bits per heavy atom. The van der Waals surface area contributed by atoms with Crippen LogP contribution in [0, 0.1) is 0 Å². The molecule has 0 aliphatic rings. The summed E-state index contributed by atoms with van der Waals surface area (Å²) in [7, 11) is 0. The van der Waals surface area contributed by atoms with Crippen LogP contribution in [0.1, 0.15) is 64.5 Å². The van der Waals surface area contributed by atoms with Crippen molar-refractivity contribution >= 4 is 0 Å². The van der Waals surface area contributed by atoms with E-state index in [4.69, 9.17) is 5.73 Å². The molecule has 0 aromatic heterocycles. The summed E-state index contributed by atoms with van der Waals surface area (Å²) >= 11 is 0. The predicted molar refractivity (Wildman–Crippen MR) is 113 cm³/mol. The van der Waals surface area contributed by atoms with Gasteiger partial charge in [0.05, 0.1) is 18.8 Å². The van der Waals surface area contributed by atoms with Gasteiger partial charge in [-0.2, -0.15) is 0 Å². The van der Waals surface area contributed by atoms with Gasteiger partial charge in [0.1, 0.15) is 0 Å². The highest BCUT2D eigenvalue weighted by atomic mass is 16.3. The molecule has 0 saturated carbocycles. The first-order valence-electron chi connectivity index (χ1n) is 9.93. The van der Waals surface area contributed by atoms with Gasteiger partial charge in [-0.1, -0.05) is 61.9 Å². The van der Waals surface area contributed by atoms with E-state index >= 15 is 0 Å². The van der Waals surface area contributed by atoms with Gasteiger partial charge in [0.25, 0.3) is 0 Å². The van der Waals surface area contributed by atoms with Crippen LogP contribution in [-0.4, -0.2) is 29.0 Å². The number of aliphatic hydroxyl groups is 2. The largest absolute Gasteiger partial charge is 0.394 e. The Kier molecular flexibility index (Phi) is 13.9. The molecule has 0 unspecified atom stereocenters. The number of benzene rings is 1. The maximum absolute atomic E-state index is 9.23. The summed E-state index contributed by atoms with van der Waals surface area (Å²) < 4.78 is 0. The van der Waals surface area contributed by atoms with Gasteiger partial charge >= 0.3 is 0 Å². The Labute approximate surface area is 160 Å². The van der Waals surface area contributed by atoms with Crippen LogP contribution in [0.5, 0.6) is 0 Å². The maximum atomic E-state index is 9.23. The normalized spacial score (nSPS) is 12.2. The Morgan fingerprint density at radius 2 is 1.50 bits per heavy atom. The third-order valence-electron chi connectivity index (χ3n) is 4.50. The lowest BCUT2D eigenvalue weighted by Gasteiger charge is -2.24. The lowest BCUT2D eigenvalue weighted by molar-refractivity contribution is 0.115. The molecule has 3 heteroatoms. The minimum absolute atomic E-state index is 0.191. The summed E-state index contributed by atoms with van der Waals surface area (Å²) in [6.07, 6.45) is 12.4. The number of rotatable bonds is 11.